The molecule has 0 radical (unpaired) electrons. The third-order valence-electron chi connectivity index (χ3n) is 3.71. The summed E-state index contributed by atoms with van der Waals surface area (Å²) in [4.78, 5) is -1.56. The van der Waals surface area contributed by atoms with Gasteiger partial charge in [-0.05, 0) is 36.8 Å². The molecule has 0 saturated heterocycles. The molecular weight excluding hydrogens is 429 g/mol. The third-order valence-corrected chi connectivity index (χ3v) is 6.55. The van der Waals surface area contributed by atoms with Gasteiger partial charge in [0, 0.05) is 0 Å². The van der Waals surface area contributed by atoms with Gasteiger partial charge in [-0.15, -0.1) is 0 Å². The number of hydrogen-bond donors (Lipinski definition) is 1. The molecule has 0 aliphatic carbocycles. The summed E-state index contributed by atoms with van der Waals surface area (Å²) in [6, 6.07) is 4.90. The largest absolute Gasteiger partial charge is 0.408 e. The lowest BCUT2D eigenvalue weighted by atomic mass is 10.1. The molecule has 0 spiro atoms. The quantitative estimate of drug-likeness (QED) is 0.693. The molecule has 0 heterocycles. The number of hydrogen-bond acceptors (Lipinski definition) is 4. The van der Waals surface area contributed by atoms with E-state index in [1.54, 1.807) is 6.92 Å². The predicted octanol–water partition coefficient (Wildman–Crippen LogP) is 3.57. The van der Waals surface area contributed by atoms with E-state index in [4.69, 9.17) is 0 Å². The summed E-state index contributed by atoms with van der Waals surface area (Å²) < 4.78 is 114. The van der Waals surface area contributed by atoms with Crippen LogP contribution in [0.1, 0.15) is 17.2 Å². The Balaban J connectivity index is 2.38. The van der Waals surface area contributed by atoms with Crippen LogP contribution in [-0.2, 0) is 19.9 Å². The third kappa shape index (κ3) is 4.86. The smallest absolute Gasteiger partial charge is 0.218 e. The molecule has 154 valence electrons. The summed E-state index contributed by atoms with van der Waals surface area (Å²) in [5.41, 5.74) is 0.321. The minimum absolute atomic E-state index is 0.349. The van der Waals surface area contributed by atoms with Crippen LogP contribution >= 0.6 is 0 Å². The molecule has 2 aromatic carbocycles. The maximum atomic E-state index is 13.4. The molecule has 5 nitrogen and oxygen atoms in total. The van der Waals surface area contributed by atoms with Gasteiger partial charge in [0.1, 0.15) is 6.04 Å². The van der Waals surface area contributed by atoms with Crippen LogP contribution in [0.2, 0.25) is 0 Å². The van der Waals surface area contributed by atoms with E-state index < -0.39 is 47.6 Å². The normalized spacial score (nSPS) is 14.2. The highest BCUT2D eigenvalue weighted by Gasteiger charge is 2.43. The molecule has 0 amide bonds. The first kappa shape index (κ1) is 22.2. The molecule has 12 heteroatoms. The second-order valence-corrected chi connectivity index (χ2v) is 9.42. The van der Waals surface area contributed by atoms with Crippen molar-refractivity contribution in [1.29, 1.82) is 0 Å². The molecule has 0 bridgehead atoms. The van der Waals surface area contributed by atoms with Gasteiger partial charge in [-0.2, -0.15) is 26.7 Å². The van der Waals surface area contributed by atoms with Crippen molar-refractivity contribution in [2.75, 3.05) is 0 Å². The monoisotopic (exact) mass is 443 g/mol. The van der Waals surface area contributed by atoms with Crippen LogP contribution in [-0.4, -0.2) is 28.8 Å². The Bertz CT molecular complexity index is 1030. The number of halogens is 5. The van der Waals surface area contributed by atoms with Crippen molar-refractivity contribution < 1.29 is 38.8 Å². The van der Waals surface area contributed by atoms with Crippen molar-refractivity contribution in [1.82, 2.24) is 4.72 Å². The van der Waals surface area contributed by atoms with E-state index in [1.165, 1.54) is 16.9 Å². The van der Waals surface area contributed by atoms with E-state index in [0.717, 1.165) is 12.1 Å². The highest BCUT2D eigenvalue weighted by molar-refractivity contribution is 7.91. The number of benzene rings is 2. The van der Waals surface area contributed by atoms with Crippen LogP contribution < -0.4 is 4.72 Å². The van der Waals surface area contributed by atoms with E-state index in [-0.39, 0.29) is 5.56 Å². The Morgan fingerprint density at radius 3 is 1.71 bits per heavy atom. The zero-order chi connectivity index (χ0) is 21.3. The number of sulfone groups is 1. The van der Waals surface area contributed by atoms with Crippen LogP contribution in [0.5, 0.6) is 0 Å². The first-order valence-corrected chi connectivity index (χ1v) is 10.6. The van der Waals surface area contributed by atoms with Crippen LogP contribution in [0.15, 0.2) is 58.3 Å². The summed E-state index contributed by atoms with van der Waals surface area (Å²) in [6.45, 7) is 1.64. The zero-order valence-corrected chi connectivity index (χ0v) is 15.7. The van der Waals surface area contributed by atoms with Crippen molar-refractivity contribution in [3.05, 3.63) is 59.7 Å². The van der Waals surface area contributed by atoms with Crippen LogP contribution in [0, 0.1) is 6.92 Å². The van der Waals surface area contributed by atoms with E-state index in [0.29, 0.717) is 29.8 Å². The van der Waals surface area contributed by atoms with Gasteiger partial charge in [0.15, 0.2) is 0 Å². The SMILES string of the molecule is Cc1ccc(C(NS(=O)(=O)c2ccc(S(=O)(=O)C(F)F)cc2)C(F)(F)F)cc1. The Hall–Kier alpha value is -2.05. The molecule has 0 aliphatic rings. The van der Waals surface area contributed by atoms with Gasteiger partial charge in [0.25, 0.3) is 0 Å². The average molecular weight is 443 g/mol. The molecule has 0 saturated carbocycles. The summed E-state index contributed by atoms with van der Waals surface area (Å²) in [5, 5.41) is 0. The molecule has 1 unspecified atom stereocenters. The fourth-order valence-corrected chi connectivity index (χ4v) is 4.15. The molecule has 0 aromatic heterocycles. The molecule has 2 aromatic rings. The summed E-state index contributed by atoms with van der Waals surface area (Å²) in [5.74, 6) is -3.72. The molecular formula is C16H14F5NO4S2. The van der Waals surface area contributed by atoms with E-state index in [2.05, 4.69) is 0 Å². The van der Waals surface area contributed by atoms with Crippen molar-refractivity contribution in [2.24, 2.45) is 0 Å². The molecule has 0 aliphatic heterocycles. The second-order valence-electron chi connectivity index (χ2n) is 5.78. The van der Waals surface area contributed by atoms with Crippen molar-refractivity contribution in [3.8, 4) is 0 Å². The molecule has 2 rings (SSSR count). The van der Waals surface area contributed by atoms with Crippen LogP contribution in [0.4, 0.5) is 22.0 Å². The number of aryl methyl sites for hydroxylation is 1. The lowest BCUT2D eigenvalue weighted by Gasteiger charge is -2.22. The Morgan fingerprint density at radius 2 is 1.29 bits per heavy atom. The van der Waals surface area contributed by atoms with E-state index in [9.17, 15) is 38.8 Å². The fraction of sp³-hybridized carbons (Fsp3) is 0.250. The Morgan fingerprint density at radius 1 is 0.821 bits per heavy atom. The first-order valence-electron chi connectivity index (χ1n) is 7.53. The lowest BCUT2D eigenvalue weighted by molar-refractivity contribution is -0.153. The summed E-state index contributed by atoms with van der Waals surface area (Å²) in [6.07, 6.45) is -4.96. The number of nitrogens with one attached hydrogen (secondary N) is 1. The first-order chi connectivity index (χ1) is 12.7. The van der Waals surface area contributed by atoms with Crippen molar-refractivity contribution in [2.45, 2.75) is 34.7 Å². The summed E-state index contributed by atoms with van der Waals surface area (Å²) >= 11 is 0. The van der Waals surface area contributed by atoms with Gasteiger partial charge in [0.2, 0.25) is 19.9 Å². The zero-order valence-electron chi connectivity index (χ0n) is 14.1. The Labute approximate surface area is 158 Å². The van der Waals surface area contributed by atoms with E-state index >= 15 is 0 Å². The minimum Gasteiger partial charge on any atom is -0.218 e. The van der Waals surface area contributed by atoms with Gasteiger partial charge >= 0.3 is 11.9 Å². The topological polar surface area (TPSA) is 80.3 Å². The minimum atomic E-state index is -4.96. The summed E-state index contributed by atoms with van der Waals surface area (Å²) in [7, 11) is -9.70. The maximum absolute atomic E-state index is 13.4. The van der Waals surface area contributed by atoms with Gasteiger partial charge in [0.05, 0.1) is 9.79 Å². The van der Waals surface area contributed by atoms with Gasteiger partial charge in [-0.25, -0.2) is 16.8 Å². The van der Waals surface area contributed by atoms with Gasteiger partial charge in [-0.1, -0.05) is 29.8 Å². The van der Waals surface area contributed by atoms with Crippen molar-refractivity contribution >= 4 is 19.9 Å². The van der Waals surface area contributed by atoms with Gasteiger partial charge < -0.3 is 0 Å². The average Bonchev–Trinajstić information content (AvgIpc) is 2.60. The van der Waals surface area contributed by atoms with Crippen molar-refractivity contribution in [3.63, 3.8) is 0 Å². The highest BCUT2D eigenvalue weighted by Crippen LogP contribution is 2.34. The lowest BCUT2D eigenvalue weighted by Crippen LogP contribution is -2.38. The molecule has 28 heavy (non-hydrogen) atoms. The number of rotatable bonds is 6. The standard InChI is InChI=1S/C16H14F5NO4S2/c1-10-2-4-11(5-3-10)14(16(19,20)21)22-28(25,26)13-8-6-12(7-9-13)27(23,24)15(17)18/h2-9,14-15,22H,1H3. The molecule has 1 atom stereocenters. The Kier molecular flexibility index (Phi) is 6.16. The number of alkyl halides is 5. The van der Waals surface area contributed by atoms with E-state index in [1.807, 2.05) is 0 Å². The van der Waals surface area contributed by atoms with Crippen LogP contribution in [0.25, 0.3) is 0 Å². The van der Waals surface area contributed by atoms with Crippen LogP contribution in [0.3, 0.4) is 0 Å². The van der Waals surface area contributed by atoms with Gasteiger partial charge in [-0.3, -0.25) is 0 Å². The highest BCUT2D eigenvalue weighted by atomic mass is 32.2. The molecule has 1 N–H and O–H groups in total. The molecule has 0 fully saturated rings. The predicted molar refractivity (Wildman–Crippen MR) is 89.9 cm³/mol. The maximum Gasteiger partial charge on any atom is 0.408 e. The number of sulfonamides is 1. The second kappa shape index (κ2) is 7.76. The fourth-order valence-electron chi connectivity index (χ4n) is 2.22.